The number of allylic oxidation sites excluding steroid dienone is 1. The maximum absolute atomic E-state index is 13.3. The Morgan fingerprint density at radius 2 is 1.85 bits per heavy atom. The van der Waals surface area contributed by atoms with Crippen molar-refractivity contribution in [1.82, 2.24) is 24.7 Å². The molecule has 0 amide bonds. The second-order valence-electron chi connectivity index (χ2n) is 5.94. The molecule has 0 saturated carbocycles. The summed E-state index contributed by atoms with van der Waals surface area (Å²) in [6.45, 7) is 8.35. The fraction of sp³-hybridized carbons (Fsp3) is 0.263. The highest BCUT2D eigenvalue weighted by molar-refractivity contribution is 7.98. The van der Waals surface area contributed by atoms with Crippen LogP contribution in [0.25, 0.3) is 0 Å². The second kappa shape index (κ2) is 9.14. The summed E-state index contributed by atoms with van der Waals surface area (Å²) >= 11 is 3.06. The number of rotatable bonds is 8. The molecule has 3 aromatic rings. The zero-order valence-corrected chi connectivity index (χ0v) is 16.9. The molecule has 2 heterocycles. The molecule has 0 N–H and O–H groups in total. The molecule has 0 aliphatic heterocycles. The van der Waals surface area contributed by atoms with Gasteiger partial charge in [-0.1, -0.05) is 41.7 Å². The topological polar surface area (TPSA) is 56.5 Å². The summed E-state index contributed by atoms with van der Waals surface area (Å²) in [6.07, 6.45) is 1.82. The lowest BCUT2D eigenvalue weighted by Crippen LogP contribution is -2.03. The average molecular weight is 402 g/mol. The van der Waals surface area contributed by atoms with Crippen LogP contribution in [0, 0.1) is 19.7 Å². The van der Waals surface area contributed by atoms with E-state index in [0.29, 0.717) is 18.1 Å². The summed E-state index contributed by atoms with van der Waals surface area (Å²) in [5.41, 5.74) is 2.81. The van der Waals surface area contributed by atoms with Crippen molar-refractivity contribution in [3.8, 4) is 0 Å². The summed E-state index contributed by atoms with van der Waals surface area (Å²) in [7, 11) is 0. The number of hydrogen-bond acceptors (Lipinski definition) is 6. The molecule has 5 nitrogen and oxygen atoms in total. The number of aromatic nitrogens is 5. The first-order chi connectivity index (χ1) is 13.0. The zero-order valence-electron chi connectivity index (χ0n) is 15.2. The molecule has 0 aliphatic carbocycles. The van der Waals surface area contributed by atoms with Crippen LogP contribution in [0.15, 0.2) is 53.3 Å². The summed E-state index contributed by atoms with van der Waals surface area (Å²) in [5.74, 6) is 1.85. The number of halogens is 1. The maximum Gasteiger partial charge on any atom is 0.191 e. The van der Waals surface area contributed by atoms with Crippen LogP contribution in [-0.2, 0) is 18.1 Å². The maximum atomic E-state index is 13.3. The Hall–Kier alpha value is -2.19. The molecule has 0 atom stereocenters. The fourth-order valence-corrected chi connectivity index (χ4v) is 4.31. The van der Waals surface area contributed by atoms with Gasteiger partial charge < -0.3 is 4.57 Å². The fourth-order valence-electron chi connectivity index (χ4n) is 2.51. The molecule has 8 heteroatoms. The molecule has 0 saturated heterocycles. The minimum Gasteiger partial charge on any atom is -0.301 e. The minimum absolute atomic E-state index is 0.230. The first-order valence-electron chi connectivity index (χ1n) is 8.40. The lowest BCUT2D eigenvalue weighted by molar-refractivity contribution is 0.626. The number of nitrogens with zero attached hydrogens (tertiary/aromatic N) is 5. The monoisotopic (exact) mass is 401 g/mol. The predicted octanol–water partition coefficient (Wildman–Crippen LogP) is 4.59. The van der Waals surface area contributed by atoms with Crippen molar-refractivity contribution in [1.29, 1.82) is 0 Å². The van der Waals surface area contributed by atoms with Gasteiger partial charge in [0.25, 0.3) is 0 Å². The largest absolute Gasteiger partial charge is 0.301 e. The van der Waals surface area contributed by atoms with Crippen LogP contribution in [-0.4, -0.2) is 24.7 Å². The Balaban J connectivity index is 1.71. The van der Waals surface area contributed by atoms with Gasteiger partial charge in [0.15, 0.2) is 10.3 Å². The quantitative estimate of drug-likeness (QED) is 0.312. The first kappa shape index (κ1) is 19.6. The highest BCUT2D eigenvalue weighted by Gasteiger charge is 2.13. The summed E-state index contributed by atoms with van der Waals surface area (Å²) in [4.78, 5) is 8.90. The Morgan fingerprint density at radius 3 is 2.56 bits per heavy atom. The van der Waals surface area contributed by atoms with Crippen LogP contribution < -0.4 is 0 Å². The second-order valence-corrected chi connectivity index (χ2v) is 7.82. The number of benzene rings is 1. The number of aryl methyl sites for hydroxylation is 2. The highest BCUT2D eigenvalue weighted by atomic mass is 32.2. The standard InChI is InChI=1S/C19H20FN5S2/c1-4-8-25-17(12-26-18-21-13(2)9-14(3)22-18)23-24-19(25)27-11-15-6-5-7-16(20)10-15/h4-7,9-10H,1,8,11-12H2,2-3H3. The summed E-state index contributed by atoms with van der Waals surface area (Å²) in [5, 5.41) is 10.1. The van der Waals surface area contributed by atoms with Crippen LogP contribution in [0.1, 0.15) is 22.8 Å². The van der Waals surface area contributed by atoms with Gasteiger partial charge in [-0.05, 0) is 37.6 Å². The van der Waals surface area contributed by atoms with Crippen molar-refractivity contribution in [2.45, 2.75) is 42.2 Å². The molecule has 0 bridgehead atoms. The summed E-state index contributed by atoms with van der Waals surface area (Å²) in [6, 6.07) is 8.55. The van der Waals surface area contributed by atoms with Crippen molar-refractivity contribution in [2.24, 2.45) is 0 Å². The summed E-state index contributed by atoms with van der Waals surface area (Å²) < 4.78 is 15.4. The Kier molecular flexibility index (Phi) is 6.63. The normalized spacial score (nSPS) is 10.9. The van der Waals surface area contributed by atoms with E-state index in [2.05, 4.69) is 26.7 Å². The van der Waals surface area contributed by atoms with Gasteiger partial charge in [0.05, 0.1) is 5.75 Å². The van der Waals surface area contributed by atoms with Crippen molar-refractivity contribution < 1.29 is 4.39 Å². The van der Waals surface area contributed by atoms with Crippen LogP contribution in [0.3, 0.4) is 0 Å². The van der Waals surface area contributed by atoms with E-state index in [1.165, 1.54) is 35.7 Å². The van der Waals surface area contributed by atoms with Crippen LogP contribution in [0.2, 0.25) is 0 Å². The van der Waals surface area contributed by atoms with Gasteiger partial charge in [0, 0.05) is 23.7 Å². The molecule has 0 aliphatic rings. The average Bonchev–Trinajstić information content (AvgIpc) is 3.00. The first-order valence-corrected chi connectivity index (χ1v) is 10.4. The molecule has 27 heavy (non-hydrogen) atoms. The van der Waals surface area contributed by atoms with Crippen LogP contribution in [0.5, 0.6) is 0 Å². The lowest BCUT2D eigenvalue weighted by atomic mass is 10.2. The molecular weight excluding hydrogens is 381 g/mol. The van der Waals surface area contributed by atoms with E-state index in [-0.39, 0.29) is 5.82 Å². The van der Waals surface area contributed by atoms with E-state index < -0.39 is 0 Å². The van der Waals surface area contributed by atoms with Crippen molar-refractivity contribution in [3.63, 3.8) is 0 Å². The van der Waals surface area contributed by atoms with Gasteiger partial charge in [-0.2, -0.15) is 0 Å². The molecule has 2 aromatic heterocycles. The Labute approximate surface area is 166 Å². The van der Waals surface area contributed by atoms with Gasteiger partial charge in [-0.15, -0.1) is 16.8 Å². The predicted molar refractivity (Wildman–Crippen MR) is 107 cm³/mol. The number of thioether (sulfide) groups is 2. The van der Waals surface area contributed by atoms with Gasteiger partial charge in [-0.3, -0.25) is 0 Å². The third-order valence-electron chi connectivity index (χ3n) is 3.65. The molecule has 3 rings (SSSR count). The van der Waals surface area contributed by atoms with E-state index in [9.17, 15) is 4.39 Å². The molecule has 0 radical (unpaired) electrons. The van der Waals surface area contributed by atoms with E-state index in [0.717, 1.165) is 33.1 Å². The van der Waals surface area contributed by atoms with E-state index in [1.807, 2.05) is 36.6 Å². The third kappa shape index (κ3) is 5.40. The minimum atomic E-state index is -0.230. The molecule has 0 unspecified atom stereocenters. The van der Waals surface area contributed by atoms with E-state index in [1.54, 1.807) is 6.07 Å². The SMILES string of the molecule is C=CCn1c(CSc2nc(C)cc(C)n2)nnc1SCc1cccc(F)c1. The van der Waals surface area contributed by atoms with E-state index in [4.69, 9.17) is 0 Å². The molecule has 0 spiro atoms. The van der Waals surface area contributed by atoms with Crippen molar-refractivity contribution in [2.75, 3.05) is 0 Å². The third-order valence-corrected chi connectivity index (χ3v) is 5.54. The van der Waals surface area contributed by atoms with Gasteiger partial charge in [0.2, 0.25) is 0 Å². The molecule has 0 fully saturated rings. The zero-order chi connectivity index (χ0) is 19.2. The van der Waals surface area contributed by atoms with Gasteiger partial charge >= 0.3 is 0 Å². The van der Waals surface area contributed by atoms with Crippen LogP contribution >= 0.6 is 23.5 Å². The van der Waals surface area contributed by atoms with E-state index >= 15 is 0 Å². The van der Waals surface area contributed by atoms with Crippen molar-refractivity contribution >= 4 is 23.5 Å². The Morgan fingerprint density at radius 1 is 1.07 bits per heavy atom. The lowest BCUT2D eigenvalue weighted by Gasteiger charge is -2.08. The highest BCUT2D eigenvalue weighted by Crippen LogP contribution is 2.25. The number of hydrogen-bond donors (Lipinski definition) is 0. The van der Waals surface area contributed by atoms with Crippen molar-refractivity contribution in [3.05, 3.63) is 71.6 Å². The molecule has 140 valence electrons. The molecule has 1 aromatic carbocycles. The molecular formula is C19H20FN5S2. The smallest absolute Gasteiger partial charge is 0.191 e. The van der Waals surface area contributed by atoms with Gasteiger partial charge in [0.1, 0.15) is 11.6 Å². The Bertz CT molecular complexity index is 921. The van der Waals surface area contributed by atoms with Gasteiger partial charge in [-0.25, -0.2) is 14.4 Å². The van der Waals surface area contributed by atoms with Crippen LogP contribution in [0.4, 0.5) is 4.39 Å².